The molecule has 15 heavy (non-hydrogen) atoms. The highest BCUT2D eigenvalue weighted by molar-refractivity contribution is 7.86. The first kappa shape index (κ1) is 16.2. The monoisotopic (exact) mass is 243 g/mol. The largest absolute Gasteiger partial charge is 0.481 e. The maximum Gasteiger partial charge on any atom is 0.320 e. The van der Waals surface area contributed by atoms with E-state index in [2.05, 4.69) is 10.3 Å². The van der Waals surface area contributed by atoms with Gasteiger partial charge < -0.3 is 15.9 Å². The number of rotatable bonds is 4. The molecule has 0 saturated heterocycles. The third-order valence-corrected chi connectivity index (χ3v) is 0.986. The summed E-state index contributed by atoms with van der Waals surface area (Å²) in [5.74, 6) is -2.20. The minimum atomic E-state index is -3.67. The molecule has 0 bridgehead atoms. The smallest absolute Gasteiger partial charge is 0.320 e. The Labute approximate surface area is 86.0 Å². The lowest BCUT2D eigenvalue weighted by Gasteiger charge is -2.01. The predicted octanol–water partition coefficient (Wildman–Crippen LogP) is -2.59. The van der Waals surface area contributed by atoms with Crippen molar-refractivity contribution >= 4 is 22.1 Å². The van der Waals surface area contributed by atoms with Crippen LogP contribution >= 0.6 is 0 Å². The molecule has 0 amide bonds. The molecule has 0 spiro atoms. The van der Waals surface area contributed by atoms with Gasteiger partial charge in [0.2, 0.25) is 0 Å². The maximum atomic E-state index is 9.99. The number of carbonyl (C=O) groups is 2. The van der Waals surface area contributed by atoms with Gasteiger partial charge in [-0.1, -0.05) is 0 Å². The summed E-state index contributed by atoms with van der Waals surface area (Å²) in [4.78, 5) is 19.9. The summed E-state index contributed by atoms with van der Waals surface area (Å²) in [7, 11) is -3.67. The molecule has 1 atom stereocenters. The summed E-state index contributed by atoms with van der Waals surface area (Å²) >= 11 is 0. The SMILES string of the molecule is NC(CCC(=O)O)C(=O)O.NS(N)(=O)=O. The molecule has 0 aromatic rings. The van der Waals surface area contributed by atoms with Crippen molar-refractivity contribution in [1.82, 2.24) is 0 Å². The summed E-state index contributed by atoms with van der Waals surface area (Å²) in [5, 5.41) is 24.5. The van der Waals surface area contributed by atoms with Crippen LogP contribution in [0.1, 0.15) is 12.8 Å². The zero-order valence-corrected chi connectivity index (χ0v) is 8.48. The van der Waals surface area contributed by atoms with Crippen LogP contribution in [0.5, 0.6) is 0 Å². The van der Waals surface area contributed by atoms with Crippen LogP contribution in [-0.2, 0) is 19.8 Å². The van der Waals surface area contributed by atoms with E-state index in [0.29, 0.717) is 0 Å². The van der Waals surface area contributed by atoms with Gasteiger partial charge in [0.25, 0.3) is 10.2 Å². The Bertz CT molecular complexity index is 305. The van der Waals surface area contributed by atoms with Crippen LogP contribution in [0.25, 0.3) is 0 Å². The van der Waals surface area contributed by atoms with E-state index in [1.165, 1.54) is 0 Å². The van der Waals surface area contributed by atoms with Crippen LogP contribution in [0.4, 0.5) is 0 Å². The van der Waals surface area contributed by atoms with Crippen LogP contribution in [0.2, 0.25) is 0 Å². The highest BCUT2D eigenvalue weighted by Crippen LogP contribution is 1.93. The van der Waals surface area contributed by atoms with E-state index in [-0.39, 0.29) is 12.8 Å². The topological polar surface area (TPSA) is 187 Å². The Morgan fingerprint density at radius 2 is 1.53 bits per heavy atom. The molecule has 0 aromatic heterocycles. The van der Waals surface area contributed by atoms with Crippen LogP contribution < -0.4 is 16.0 Å². The van der Waals surface area contributed by atoms with Crippen molar-refractivity contribution in [2.45, 2.75) is 18.9 Å². The van der Waals surface area contributed by atoms with Gasteiger partial charge in [0, 0.05) is 6.42 Å². The fourth-order valence-electron chi connectivity index (χ4n) is 0.402. The molecule has 9 nitrogen and oxygen atoms in total. The van der Waals surface area contributed by atoms with Crippen LogP contribution in [0.3, 0.4) is 0 Å². The first-order valence-electron chi connectivity index (χ1n) is 3.54. The molecule has 8 N–H and O–H groups in total. The fourth-order valence-corrected chi connectivity index (χ4v) is 0.402. The molecule has 1 unspecified atom stereocenters. The number of aliphatic carboxylic acids is 2. The third-order valence-electron chi connectivity index (χ3n) is 0.986. The highest BCUT2D eigenvalue weighted by atomic mass is 32.2. The van der Waals surface area contributed by atoms with Gasteiger partial charge in [-0.25, -0.2) is 10.3 Å². The van der Waals surface area contributed by atoms with Gasteiger partial charge in [0.1, 0.15) is 6.04 Å². The van der Waals surface area contributed by atoms with Gasteiger partial charge in [-0.2, -0.15) is 8.42 Å². The van der Waals surface area contributed by atoms with E-state index in [4.69, 9.17) is 15.9 Å². The molecule has 0 fully saturated rings. The fraction of sp³-hybridized carbons (Fsp3) is 0.600. The quantitative estimate of drug-likeness (QED) is 0.358. The lowest BCUT2D eigenvalue weighted by atomic mass is 10.2. The maximum absolute atomic E-state index is 9.99. The molecule has 0 heterocycles. The van der Waals surface area contributed by atoms with Gasteiger partial charge in [0.05, 0.1) is 0 Å². The Kier molecular flexibility index (Phi) is 7.69. The Morgan fingerprint density at radius 1 is 1.20 bits per heavy atom. The van der Waals surface area contributed by atoms with Crippen molar-refractivity contribution < 1.29 is 28.2 Å². The lowest BCUT2D eigenvalue weighted by molar-refractivity contribution is -0.139. The van der Waals surface area contributed by atoms with Crippen molar-refractivity contribution in [3.8, 4) is 0 Å². The second-order valence-corrected chi connectivity index (χ2v) is 3.64. The molecule has 0 rings (SSSR count). The second-order valence-electron chi connectivity index (χ2n) is 2.47. The summed E-state index contributed by atoms with van der Waals surface area (Å²) < 4.78 is 18.4. The molecular formula is C5H13N3O6S. The van der Waals surface area contributed by atoms with E-state index in [1.807, 2.05) is 0 Å². The van der Waals surface area contributed by atoms with Gasteiger partial charge in [0.15, 0.2) is 0 Å². The van der Waals surface area contributed by atoms with E-state index < -0.39 is 28.2 Å². The van der Waals surface area contributed by atoms with E-state index >= 15 is 0 Å². The summed E-state index contributed by atoms with van der Waals surface area (Å²) in [6, 6.07) is -1.06. The molecular weight excluding hydrogens is 230 g/mol. The van der Waals surface area contributed by atoms with E-state index in [9.17, 15) is 18.0 Å². The van der Waals surface area contributed by atoms with Gasteiger partial charge in [-0.15, -0.1) is 0 Å². The van der Waals surface area contributed by atoms with Crippen molar-refractivity contribution in [3.05, 3.63) is 0 Å². The number of carboxylic acid groups (broad SMARTS) is 2. The number of nitrogens with two attached hydrogens (primary N) is 3. The molecule has 0 aromatic carbocycles. The average molecular weight is 243 g/mol. The standard InChI is InChI=1S/C5H9NO4.H4N2O2S/c6-3(5(9)10)1-2-4(7)8;1-5(2,3)4/h3H,1-2,6H2,(H,7,8)(H,9,10);(H4,1,2,3,4). The second kappa shape index (κ2) is 7.11. The summed E-state index contributed by atoms with van der Waals surface area (Å²) in [5.41, 5.74) is 5.00. The zero-order valence-electron chi connectivity index (χ0n) is 7.66. The molecule has 0 aliphatic rings. The first-order valence-corrected chi connectivity index (χ1v) is 5.15. The van der Waals surface area contributed by atoms with Gasteiger partial charge in [-0.3, -0.25) is 9.59 Å². The molecule has 0 saturated carbocycles. The van der Waals surface area contributed by atoms with Gasteiger partial charge >= 0.3 is 11.9 Å². The van der Waals surface area contributed by atoms with Crippen molar-refractivity contribution in [1.29, 1.82) is 0 Å². The summed E-state index contributed by atoms with van der Waals surface area (Å²) in [6.07, 6.45) is -0.224. The molecule has 0 aliphatic heterocycles. The number of hydrogen-bond donors (Lipinski definition) is 5. The minimum absolute atomic E-state index is 0.0231. The van der Waals surface area contributed by atoms with Crippen molar-refractivity contribution in [2.24, 2.45) is 16.0 Å². The first-order chi connectivity index (χ1) is 6.54. The molecule has 90 valence electrons. The third kappa shape index (κ3) is 24.5. The summed E-state index contributed by atoms with van der Waals surface area (Å²) in [6.45, 7) is 0. The average Bonchev–Trinajstić information content (AvgIpc) is 1.96. The lowest BCUT2D eigenvalue weighted by Crippen LogP contribution is -2.30. The Balaban J connectivity index is 0. The van der Waals surface area contributed by atoms with Gasteiger partial charge in [-0.05, 0) is 6.42 Å². The molecule has 10 heteroatoms. The normalized spacial score (nSPS) is 12.2. The molecule has 0 radical (unpaired) electrons. The Morgan fingerprint density at radius 3 is 1.73 bits per heavy atom. The molecule has 0 aliphatic carbocycles. The van der Waals surface area contributed by atoms with E-state index in [0.717, 1.165) is 0 Å². The van der Waals surface area contributed by atoms with Crippen molar-refractivity contribution in [3.63, 3.8) is 0 Å². The number of carboxylic acids is 2. The van der Waals surface area contributed by atoms with Crippen LogP contribution in [0, 0.1) is 0 Å². The van der Waals surface area contributed by atoms with E-state index in [1.54, 1.807) is 0 Å². The zero-order chi connectivity index (χ0) is 12.6. The minimum Gasteiger partial charge on any atom is -0.481 e. The van der Waals surface area contributed by atoms with Crippen LogP contribution in [-0.4, -0.2) is 36.6 Å². The number of hydrogen-bond acceptors (Lipinski definition) is 5. The Hall–Kier alpha value is -1.23. The predicted molar refractivity (Wildman–Crippen MR) is 49.8 cm³/mol. The highest BCUT2D eigenvalue weighted by Gasteiger charge is 2.12. The van der Waals surface area contributed by atoms with Crippen LogP contribution in [0.15, 0.2) is 0 Å². The van der Waals surface area contributed by atoms with Crippen molar-refractivity contribution in [2.75, 3.05) is 0 Å².